The first-order valence-electron chi connectivity index (χ1n) is 6.94. The summed E-state index contributed by atoms with van der Waals surface area (Å²) in [6.45, 7) is 2.27. The van der Waals surface area contributed by atoms with Gasteiger partial charge in [-0.2, -0.15) is 0 Å². The van der Waals surface area contributed by atoms with Crippen LogP contribution in [0.4, 0.5) is 0 Å². The molecule has 0 unspecified atom stereocenters. The predicted molar refractivity (Wildman–Crippen MR) is 78.3 cm³/mol. The highest BCUT2D eigenvalue weighted by Gasteiger charge is 1.96. The highest BCUT2D eigenvalue weighted by molar-refractivity contribution is 9.10. The van der Waals surface area contributed by atoms with Crippen LogP contribution in [0.25, 0.3) is 0 Å². The first-order chi connectivity index (χ1) is 8.33. The Labute approximate surface area is 114 Å². The Kier molecular flexibility index (Phi) is 8.33. The molecule has 96 valence electrons. The van der Waals surface area contributed by atoms with Crippen molar-refractivity contribution in [2.75, 3.05) is 0 Å². The molecule has 0 bridgehead atoms. The summed E-state index contributed by atoms with van der Waals surface area (Å²) in [4.78, 5) is 4.45. The SMILES string of the molecule is CCCCCCCCCCc1cccc(Br)n1. The zero-order valence-corrected chi connectivity index (χ0v) is 12.5. The zero-order valence-electron chi connectivity index (χ0n) is 10.9. The minimum atomic E-state index is 0.953. The molecule has 0 fully saturated rings. The number of aromatic nitrogens is 1. The van der Waals surface area contributed by atoms with Crippen molar-refractivity contribution < 1.29 is 0 Å². The van der Waals surface area contributed by atoms with Gasteiger partial charge in [0.15, 0.2) is 0 Å². The molecule has 1 heterocycles. The van der Waals surface area contributed by atoms with E-state index in [2.05, 4.69) is 40.0 Å². The Bertz CT molecular complexity index is 299. The van der Waals surface area contributed by atoms with Crippen molar-refractivity contribution in [3.8, 4) is 0 Å². The van der Waals surface area contributed by atoms with Crippen molar-refractivity contribution in [1.29, 1.82) is 0 Å². The van der Waals surface area contributed by atoms with E-state index >= 15 is 0 Å². The number of nitrogens with zero attached hydrogens (tertiary/aromatic N) is 1. The average Bonchev–Trinajstić information content (AvgIpc) is 2.33. The van der Waals surface area contributed by atoms with E-state index in [1.54, 1.807) is 0 Å². The van der Waals surface area contributed by atoms with Crippen LogP contribution in [0, 0.1) is 0 Å². The van der Waals surface area contributed by atoms with E-state index < -0.39 is 0 Å². The van der Waals surface area contributed by atoms with Crippen LogP contribution >= 0.6 is 15.9 Å². The third kappa shape index (κ3) is 7.54. The van der Waals surface area contributed by atoms with Gasteiger partial charge < -0.3 is 0 Å². The molecule has 0 aliphatic heterocycles. The number of aryl methyl sites for hydroxylation is 1. The smallest absolute Gasteiger partial charge is 0.106 e. The fraction of sp³-hybridized carbons (Fsp3) is 0.667. The minimum Gasteiger partial charge on any atom is -0.246 e. The summed E-state index contributed by atoms with van der Waals surface area (Å²) in [5.41, 5.74) is 1.21. The quantitative estimate of drug-likeness (QED) is 0.431. The van der Waals surface area contributed by atoms with Crippen molar-refractivity contribution in [1.82, 2.24) is 4.98 Å². The van der Waals surface area contributed by atoms with Gasteiger partial charge in [0.1, 0.15) is 4.60 Å². The summed E-state index contributed by atoms with van der Waals surface area (Å²) in [7, 11) is 0. The van der Waals surface area contributed by atoms with Crippen molar-refractivity contribution in [3.63, 3.8) is 0 Å². The molecule has 1 nitrogen and oxygen atoms in total. The number of hydrogen-bond acceptors (Lipinski definition) is 1. The number of pyridine rings is 1. The molecular weight excluding hydrogens is 274 g/mol. The molecule has 0 spiro atoms. The molecule has 0 N–H and O–H groups in total. The van der Waals surface area contributed by atoms with Crippen LogP contribution in [-0.4, -0.2) is 4.98 Å². The molecule has 1 rings (SSSR count). The molecule has 0 aliphatic carbocycles. The van der Waals surface area contributed by atoms with Gasteiger partial charge in [0.25, 0.3) is 0 Å². The third-order valence-electron chi connectivity index (χ3n) is 3.06. The molecule has 1 aromatic heterocycles. The van der Waals surface area contributed by atoms with Crippen LogP contribution in [-0.2, 0) is 6.42 Å². The summed E-state index contributed by atoms with van der Waals surface area (Å²) in [5, 5.41) is 0. The maximum Gasteiger partial charge on any atom is 0.106 e. The van der Waals surface area contributed by atoms with Crippen molar-refractivity contribution in [2.45, 2.75) is 64.7 Å². The van der Waals surface area contributed by atoms with Gasteiger partial charge in [0.2, 0.25) is 0 Å². The van der Waals surface area contributed by atoms with Crippen molar-refractivity contribution in [2.24, 2.45) is 0 Å². The lowest BCUT2D eigenvalue weighted by Crippen LogP contribution is -1.90. The summed E-state index contributed by atoms with van der Waals surface area (Å²) < 4.78 is 0.953. The lowest BCUT2D eigenvalue weighted by molar-refractivity contribution is 0.574. The summed E-state index contributed by atoms with van der Waals surface area (Å²) >= 11 is 3.41. The molecular formula is C15H24BrN. The molecule has 1 aromatic rings. The van der Waals surface area contributed by atoms with Crippen LogP contribution in [0.3, 0.4) is 0 Å². The van der Waals surface area contributed by atoms with Crippen LogP contribution in [0.5, 0.6) is 0 Å². The number of unbranched alkanes of at least 4 members (excludes halogenated alkanes) is 7. The fourth-order valence-electron chi connectivity index (χ4n) is 2.03. The van der Waals surface area contributed by atoms with E-state index in [1.807, 2.05) is 6.07 Å². The first-order valence-corrected chi connectivity index (χ1v) is 7.73. The molecule has 0 radical (unpaired) electrons. The monoisotopic (exact) mass is 297 g/mol. The van der Waals surface area contributed by atoms with Gasteiger partial charge in [-0.15, -0.1) is 0 Å². The number of rotatable bonds is 9. The molecule has 0 aliphatic rings. The maximum atomic E-state index is 4.45. The number of hydrogen-bond donors (Lipinski definition) is 0. The lowest BCUT2D eigenvalue weighted by atomic mass is 10.1. The number of halogens is 1. The minimum absolute atomic E-state index is 0.953. The Morgan fingerprint density at radius 2 is 1.59 bits per heavy atom. The first kappa shape index (κ1) is 14.7. The van der Waals surface area contributed by atoms with Crippen molar-refractivity contribution >= 4 is 15.9 Å². The molecule has 2 heteroatoms. The van der Waals surface area contributed by atoms with Crippen LogP contribution in [0.15, 0.2) is 22.8 Å². The Balaban J connectivity index is 1.97. The van der Waals surface area contributed by atoms with E-state index in [1.165, 1.54) is 57.1 Å². The second kappa shape index (κ2) is 9.64. The van der Waals surface area contributed by atoms with Gasteiger partial charge >= 0.3 is 0 Å². The highest BCUT2D eigenvalue weighted by atomic mass is 79.9. The third-order valence-corrected chi connectivity index (χ3v) is 3.50. The molecule has 0 amide bonds. The Hall–Kier alpha value is -0.370. The Morgan fingerprint density at radius 1 is 0.941 bits per heavy atom. The molecule has 0 atom stereocenters. The fourth-order valence-corrected chi connectivity index (χ4v) is 2.41. The topological polar surface area (TPSA) is 12.9 Å². The van der Waals surface area contributed by atoms with Crippen molar-refractivity contribution in [3.05, 3.63) is 28.5 Å². The van der Waals surface area contributed by atoms with Gasteiger partial charge in [-0.3, -0.25) is 0 Å². The molecule has 17 heavy (non-hydrogen) atoms. The molecule has 0 saturated carbocycles. The van der Waals surface area contributed by atoms with Crippen LogP contribution in [0.2, 0.25) is 0 Å². The predicted octanol–water partition coefficient (Wildman–Crippen LogP) is 5.53. The van der Waals surface area contributed by atoms with E-state index in [4.69, 9.17) is 0 Å². The van der Waals surface area contributed by atoms with Gasteiger partial charge in [-0.25, -0.2) is 4.98 Å². The van der Waals surface area contributed by atoms with Crippen LogP contribution in [0.1, 0.15) is 64.0 Å². The second-order valence-electron chi connectivity index (χ2n) is 4.68. The molecule has 0 aromatic carbocycles. The average molecular weight is 298 g/mol. The summed E-state index contributed by atoms with van der Waals surface area (Å²) in [6, 6.07) is 6.17. The Morgan fingerprint density at radius 3 is 2.24 bits per heavy atom. The van der Waals surface area contributed by atoms with Crippen LogP contribution < -0.4 is 0 Å². The largest absolute Gasteiger partial charge is 0.246 e. The highest BCUT2D eigenvalue weighted by Crippen LogP contribution is 2.12. The second-order valence-corrected chi connectivity index (χ2v) is 5.49. The lowest BCUT2D eigenvalue weighted by Gasteiger charge is -2.02. The normalized spacial score (nSPS) is 10.7. The zero-order chi connectivity index (χ0) is 12.3. The van der Waals surface area contributed by atoms with Gasteiger partial charge in [-0.1, -0.05) is 57.9 Å². The van der Waals surface area contributed by atoms with E-state index in [-0.39, 0.29) is 0 Å². The van der Waals surface area contributed by atoms with E-state index in [0.717, 1.165) is 11.0 Å². The summed E-state index contributed by atoms with van der Waals surface area (Å²) in [5.74, 6) is 0. The van der Waals surface area contributed by atoms with Gasteiger partial charge in [0.05, 0.1) is 0 Å². The maximum absolute atomic E-state index is 4.45. The van der Waals surface area contributed by atoms with E-state index in [0.29, 0.717) is 0 Å². The summed E-state index contributed by atoms with van der Waals surface area (Å²) in [6.07, 6.45) is 12.1. The van der Waals surface area contributed by atoms with Gasteiger partial charge in [-0.05, 0) is 40.9 Å². The molecule has 0 saturated heterocycles. The standard InChI is InChI=1S/C15H24BrN/c1-2-3-4-5-6-7-8-9-11-14-12-10-13-15(16)17-14/h10,12-13H,2-9,11H2,1H3. The van der Waals surface area contributed by atoms with Gasteiger partial charge in [0, 0.05) is 5.69 Å². The van der Waals surface area contributed by atoms with E-state index in [9.17, 15) is 0 Å².